The van der Waals surface area contributed by atoms with Crippen LogP contribution in [0.5, 0.6) is 5.75 Å². The standard InChI is InChI=1S/C15H13Br2N3O/c1-21-15-12(16)4-9(5-13(15)17)7-18-11-2-3-14-10(6-11)8-19-20-14/h2-6,8,18H,7H2,1H3,(H,19,20). The molecule has 108 valence electrons. The number of aromatic nitrogens is 2. The molecule has 3 aromatic rings. The fraction of sp³-hybridized carbons (Fsp3) is 0.133. The summed E-state index contributed by atoms with van der Waals surface area (Å²) in [4.78, 5) is 0. The second-order valence-corrected chi connectivity index (χ2v) is 6.33. The van der Waals surface area contributed by atoms with Crippen molar-refractivity contribution < 1.29 is 4.74 Å². The van der Waals surface area contributed by atoms with Crippen molar-refractivity contribution in [2.45, 2.75) is 6.54 Å². The van der Waals surface area contributed by atoms with E-state index < -0.39 is 0 Å². The summed E-state index contributed by atoms with van der Waals surface area (Å²) in [5.74, 6) is 0.804. The molecular weight excluding hydrogens is 398 g/mol. The van der Waals surface area contributed by atoms with E-state index in [-0.39, 0.29) is 0 Å². The molecule has 0 radical (unpaired) electrons. The van der Waals surface area contributed by atoms with Crippen molar-refractivity contribution in [1.82, 2.24) is 10.2 Å². The van der Waals surface area contributed by atoms with Gasteiger partial charge in [-0.2, -0.15) is 5.10 Å². The highest BCUT2D eigenvalue weighted by Gasteiger charge is 2.07. The van der Waals surface area contributed by atoms with Gasteiger partial charge in [0.1, 0.15) is 5.75 Å². The predicted molar refractivity (Wildman–Crippen MR) is 91.8 cm³/mol. The van der Waals surface area contributed by atoms with Crippen molar-refractivity contribution in [3.63, 3.8) is 0 Å². The van der Waals surface area contributed by atoms with Gasteiger partial charge < -0.3 is 10.1 Å². The summed E-state index contributed by atoms with van der Waals surface area (Å²) in [5.41, 5.74) is 3.25. The fourth-order valence-electron chi connectivity index (χ4n) is 2.17. The van der Waals surface area contributed by atoms with Crippen molar-refractivity contribution in [3.8, 4) is 5.75 Å². The highest BCUT2D eigenvalue weighted by Crippen LogP contribution is 2.34. The highest BCUT2D eigenvalue weighted by molar-refractivity contribution is 9.11. The number of nitrogens with zero attached hydrogens (tertiary/aromatic N) is 1. The number of rotatable bonds is 4. The Kier molecular flexibility index (Phi) is 4.17. The highest BCUT2D eigenvalue weighted by atomic mass is 79.9. The van der Waals surface area contributed by atoms with E-state index in [0.29, 0.717) is 0 Å². The first-order chi connectivity index (χ1) is 10.2. The number of anilines is 1. The van der Waals surface area contributed by atoms with Crippen molar-refractivity contribution in [3.05, 3.63) is 51.0 Å². The summed E-state index contributed by atoms with van der Waals surface area (Å²) in [6, 6.07) is 10.2. The number of H-pyrrole nitrogens is 1. The van der Waals surface area contributed by atoms with Gasteiger partial charge in [0.05, 0.1) is 27.8 Å². The van der Waals surface area contributed by atoms with Crippen LogP contribution in [0.1, 0.15) is 5.56 Å². The number of ether oxygens (including phenoxy) is 1. The van der Waals surface area contributed by atoms with E-state index in [1.165, 1.54) is 0 Å². The minimum Gasteiger partial charge on any atom is -0.494 e. The average Bonchev–Trinajstić information content (AvgIpc) is 2.92. The minimum atomic E-state index is 0.727. The third-order valence-corrected chi connectivity index (χ3v) is 4.38. The average molecular weight is 411 g/mol. The van der Waals surface area contributed by atoms with Gasteiger partial charge in [0, 0.05) is 17.6 Å². The summed E-state index contributed by atoms with van der Waals surface area (Å²) in [7, 11) is 1.66. The van der Waals surface area contributed by atoms with Crippen LogP contribution in [-0.2, 0) is 6.54 Å². The number of fused-ring (bicyclic) bond motifs is 1. The first kappa shape index (κ1) is 14.4. The summed E-state index contributed by atoms with van der Waals surface area (Å²) in [5, 5.41) is 11.5. The van der Waals surface area contributed by atoms with Crippen LogP contribution in [0.2, 0.25) is 0 Å². The van der Waals surface area contributed by atoms with Gasteiger partial charge in [-0.15, -0.1) is 0 Å². The van der Waals surface area contributed by atoms with Crippen LogP contribution >= 0.6 is 31.9 Å². The Morgan fingerprint density at radius 3 is 2.67 bits per heavy atom. The molecule has 2 N–H and O–H groups in total. The van der Waals surface area contributed by atoms with Crippen molar-refractivity contribution in [1.29, 1.82) is 0 Å². The van der Waals surface area contributed by atoms with Crippen LogP contribution in [0.4, 0.5) is 5.69 Å². The Morgan fingerprint density at radius 1 is 1.19 bits per heavy atom. The second-order valence-electron chi connectivity index (χ2n) is 4.62. The molecule has 3 rings (SSSR count). The Bertz CT molecular complexity index is 762. The van der Waals surface area contributed by atoms with Crippen LogP contribution < -0.4 is 10.1 Å². The lowest BCUT2D eigenvalue weighted by molar-refractivity contribution is 0.409. The number of methoxy groups -OCH3 is 1. The maximum Gasteiger partial charge on any atom is 0.147 e. The predicted octanol–water partition coefficient (Wildman–Crippen LogP) is 4.71. The zero-order valence-corrected chi connectivity index (χ0v) is 14.5. The molecule has 0 aliphatic carbocycles. The number of hydrogen-bond acceptors (Lipinski definition) is 3. The van der Waals surface area contributed by atoms with Crippen LogP contribution in [0.25, 0.3) is 10.9 Å². The monoisotopic (exact) mass is 409 g/mol. The van der Waals surface area contributed by atoms with Crippen molar-refractivity contribution in [2.24, 2.45) is 0 Å². The number of aromatic amines is 1. The molecule has 0 amide bonds. The van der Waals surface area contributed by atoms with E-state index in [1.54, 1.807) is 7.11 Å². The number of halogens is 2. The molecule has 0 atom stereocenters. The molecule has 6 heteroatoms. The maximum atomic E-state index is 5.31. The molecule has 0 aliphatic rings. The third-order valence-electron chi connectivity index (χ3n) is 3.20. The van der Waals surface area contributed by atoms with Crippen LogP contribution in [0.15, 0.2) is 45.5 Å². The Balaban J connectivity index is 1.78. The van der Waals surface area contributed by atoms with E-state index in [9.17, 15) is 0 Å². The van der Waals surface area contributed by atoms with Gasteiger partial charge in [0.25, 0.3) is 0 Å². The zero-order valence-electron chi connectivity index (χ0n) is 11.3. The lowest BCUT2D eigenvalue weighted by atomic mass is 10.2. The minimum absolute atomic E-state index is 0.727. The molecule has 0 fully saturated rings. The Labute approximate surface area is 139 Å². The molecule has 0 bridgehead atoms. The molecule has 2 aromatic carbocycles. The summed E-state index contributed by atoms with van der Waals surface area (Å²) >= 11 is 7.03. The Morgan fingerprint density at radius 2 is 1.95 bits per heavy atom. The van der Waals surface area contributed by atoms with Gasteiger partial charge in [-0.05, 0) is 67.8 Å². The summed E-state index contributed by atoms with van der Waals surface area (Å²) in [6.45, 7) is 0.727. The molecule has 1 aromatic heterocycles. The molecule has 0 aliphatic heterocycles. The Hall–Kier alpha value is -1.53. The van der Waals surface area contributed by atoms with Gasteiger partial charge in [-0.25, -0.2) is 0 Å². The van der Waals surface area contributed by atoms with E-state index >= 15 is 0 Å². The second kappa shape index (κ2) is 6.07. The van der Waals surface area contributed by atoms with E-state index in [1.807, 2.05) is 30.5 Å². The number of nitrogens with one attached hydrogen (secondary N) is 2. The van der Waals surface area contributed by atoms with Gasteiger partial charge in [0.2, 0.25) is 0 Å². The van der Waals surface area contributed by atoms with E-state index in [4.69, 9.17) is 4.74 Å². The van der Waals surface area contributed by atoms with Crippen LogP contribution in [-0.4, -0.2) is 17.3 Å². The topological polar surface area (TPSA) is 49.9 Å². The lowest BCUT2D eigenvalue weighted by Gasteiger charge is -2.11. The first-order valence-electron chi connectivity index (χ1n) is 6.36. The molecule has 0 saturated carbocycles. The van der Waals surface area contributed by atoms with Crippen molar-refractivity contribution in [2.75, 3.05) is 12.4 Å². The number of hydrogen-bond donors (Lipinski definition) is 2. The van der Waals surface area contributed by atoms with Gasteiger partial charge in [0.15, 0.2) is 0 Å². The smallest absolute Gasteiger partial charge is 0.147 e. The molecular formula is C15H13Br2N3O. The van der Waals surface area contributed by atoms with E-state index in [2.05, 4.69) is 53.4 Å². The van der Waals surface area contributed by atoms with Gasteiger partial charge >= 0.3 is 0 Å². The summed E-state index contributed by atoms with van der Waals surface area (Å²) in [6.07, 6.45) is 1.82. The molecule has 1 heterocycles. The van der Waals surface area contributed by atoms with E-state index in [0.717, 1.165) is 43.4 Å². The van der Waals surface area contributed by atoms with Crippen LogP contribution in [0.3, 0.4) is 0 Å². The lowest BCUT2D eigenvalue weighted by Crippen LogP contribution is -2.00. The fourth-order valence-corrected chi connectivity index (χ4v) is 3.77. The van der Waals surface area contributed by atoms with Gasteiger partial charge in [-0.3, -0.25) is 5.10 Å². The SMILES string of the molecule is COc1c(Br)cc(CNc2ccc3[nH]ncc3c2)cc1Br. The molecule has 0 unspecified atom stereocenters. The third kappa shape index (κ3) is 3.06. The van der Waals surface area contributed by atoms with Gasteiger partial charge in [-0.1, -0.05) is 0 Å². The van der Waals surface area contributed by atoms with Crippen LogP contribution in [0, 0.1) is 0 Å². The normalized spacial score (nSPS) is 10.8. The molecule has 21 heavy (non-hydrogen) atoms. The molecule has 0 spiro atoms. The molecule has 0 saturated heterocycles. The molecule has 4 nitrogen and oxygen atoms in total. The maximum absolute atomic E-state index is 5.31. The number of benzene rings is 2. The van der Waals surface area contributed by atoms with Crippen molar-refractivity contribution >= 4 is 48.5 Å². The summed E-state index contributed by atoms with van der Waals surface area (Å²) < 4.78 is 7.17. The first-order valence-corrected chi connectivity index (χ1v) is 7.95. The zero-order chi connectivity index (χ0) is 14.8. The largest absolute Gasteiger partial charge is 0.494 e. The quantitative estimate of drug-likeness (QED) is 0.654.